The van der Waals surface area contributed by atoms with Crippen LogP contribution in [0.5, 0.6) is 11.5 Å². The number of amides is 3. The van der Waals surface area contributed by atoms with Gasteiger partial charge in [0.25, 0.3) is 17.5 Å². The molecule has 1 unspecified atom stereocenters. The van der Waals surface area contributed by atoms with E-state index in [2.05, 4.69) is 16.0 Å². The second-order valence-electron chi connectivity index (χ2n) is 9.78. The first-order valence-corrected chi connectivity index (χ1v) is 15.0. The van der Waals surface area contributed by atoms with Gasteiger partial charge in [0.2, 0.25) is 5.91 Å². The summed E-state index contributed by atoms with van der Waals surface area (Å²) in [5.41, 5.74) is 1.66. The average molecular weight is 641 g/mol. The van der Waals surface area contributed by atoms with E-state index in [-0.39, 0.29) is 17.3 Å². The Morgan fingerprint density at radius 2 is 1.61 bits per heavy atom. The minimum atomic E-state index is -0.584. The summed E-state index contributed by atoms with van der Waals surface area (Å²) in [7, 11) is 3.02. The molecule has 12 heteroatoms. The second-order valence-corrected chi connectivity index (χ2v) is 11.1. The molecule has 0 fully saturated rings. The fourth-order valence-corrected chi connectivity index (χ4v) is 5.28. The van der Waals surface area contributed by atoms with Crippen LogP contribution in [0, 0.1) is 10.1 Å². The summed E-state index contributed by atoms with van der Waals surface area (Å²) in [6.45, 7) is 1.87. The predicted molar refractivity (Wildman–Crippen MR) is 178 cm³/mol. The highest BCUT2D eigenvalue weighted by Crippen LogP contribution is 2.30. The molecule has 0 aliphatic heterocycles. The summed E-state index contributed by atoms with van der Waals surface area (Å²) >= 11 is 1.31. The quantitative estimate of drug-likeness (QED) is 0.0646. The van der Waals surface area contributed by atoms with E-state index >= 15 is 0 Å². The van der Waals surface area contributed by atoms with Gasteiger partial charge in [-0.25, -0.2) is 0 Å². The zero-order chi connectivity index (χ0) is 33.1. The monoisotopic (exact) mass is 640 g/mol. The van der Waals surface area contributed by atoms with E-state index in [4.69, 9.17) is 9.47 Å². The summed E-state index contributed by atoms with van der Waals surface area (Å²) in [5, 5.41) is 18.8. The smallest absolute Gasteiger partial charge is 0.272 e. The molecule has 4 rings (SSSR count). The van der Waals surface area contributed by atoms with Crippen LogP contribution < -0.4 is 25.4 Å². The van der Waals surface area contributed by atoms with Crippen molar-refractivity contribution >= 4 is 52.6 Å². The Morgan fingerprint density at radius 1 is 0.870 bits per heavy atom. The molecule has 11 nitrogen and oxygen atoms in total. The summed E-state index contributed by atoms with van der Waals surface area (Å²) in [6.07, 6.45) is 2.01. The Balaban J connectivity index is 1.54. The van der Waals surface area contributed by atoms with Crippen LogP contribution in [0.15, 0.2) is 108 Å². The van der Waals surface area contributed by atoms with Gasteiger partial charge in [-0.15, -0.1) is 11.8 Å². The van der Waals surface area contributed by atoms with Crippen molar-refractivity contribution in [2.75, 3.05) is 24.9 Å². The molecule has 0 aliphatic carbocycles. The van der Waals surface area contributed by atoms with E-state index in [9.17, 15) is 24.5 Å². The molecule has 4 aromatic carbocycles. The van der Waals surface area contributed by atoms with Gasteiger partial charge in [0.15, 0.2) is 0 Å². The van der Waals surface area contributed by atoms with Crippen molar-refractivity contribution in [1.82, 2.24) is 5.32 Å². The first-order valence-electron chi connectivity index (χ1n) is 14.1. The Labute approximate surface area is 270 Å². The molecule has 3 amide bonds. The number of ether oxygens (including phenoxy) is 2. The van der Waals surface area contributed by atoms with Gasteiger partial charge in [-0.3, -0.25) is 24.5 Å². The van der Waals surface area contributed by atoms with Crippen LogP contribution in [-0.2, 0) is 9.59 Å². The number of methoxy groups -OCH3 is 2. The van der Waals surface area contributed by atoms with Gasteiger partial charge in [0.1, 0.15) is 17.2 Å². The lowest BCUT2D eigenvalue weighted by atomic mass is 10.1. The molecule has 236 valence electrons. The second kappa shape index (κ2) is 15.9. The third-order valence-electron chi connectivity index (χ3n) is 6.64. The molecule has 0 spiro atoms. The zero-order valence-electron chi connectivity index (χ0n) is 25.3. The van der Waals surface area contributed by atoms with Crippen LogP contribution in [0.25, 0.3) is 6.08 Å². The number of hydrogen-bond donors (Lipinski definition) is 3. The molecule has 0 bridgehead atoms. The van der Waals surface area contributed by atoms with Gasteiger partial charge in [-0.1, -0.05) is 31.2 Å². The number of carbonyl (C=O) groups is 3. The van der Waals surface area contributed by atoms with Gasteiger partial charge in [-0.05, 0) is 73.2 Å². The van der Waals surface area contributed by atoms with Crippen LogP contribution in [0.1, 0.15) is 29.3 Å². The van der Waals surface area contributed by atoms with Gasteiger partial charge < -0.3 is 25.4 Å². The molecular formula is C34H32N4O7S. The van der Waals surface area contributed by atoms with Gasteiger partial charge in [0.05, 0.1) is 24.4 Å². The number of thioether (sulfide) groups is 1. The maximum Gasteiger partial charge on any atom is 0.272 e. The topological polar surface area (TPSA) is 149 Å². The molecular weight excluding hydrogens is 608 g/mol. The van der Waals surface area contributed by atoms with Crippen molar-refractivity contribution in [3.05, 3.63) is 124 Å². The number of non-ortho nitro benzene ring substituents is 1. The third-order valence-corrected chi connectivity index (χ3v) is 8.00. The maximum absolute atomic E-state index is 13.6. The lowest BCUT2D eigenvalue weighted by molar-refractivity contribution is -0.384. The molecule has 0 saturated carbocycles. The van der Waals surface area contributed by atoms with Crippen LogP contribution in [0.4, 0.5) is 17.1 Å². The molecule has 0 saturated heterocycles. The first-order chi connectivity index (χ1) is 22.2. The van der Waals surface area contributed by atoms with Crippen molar-refractivity contribution in [2.24, 2.45) is 0 Å². The Kier molecular flexibility index (Phi) is 11.5. The molecule has 4 aromatic rings. The van der Waals surface area contributed by atoms with Crippen LogP contribution >= 0.6 is 11.8 Å². The minimum absolute atomic E-state index is 0.0348. The standard InChI is InChI=1S/C34H32N4O7S/c1-4-31(34(41)35-24-13-15-26(16-14-24)38(42)43)46-28-12-8-11-25(21-28)36-33(40)29(37-32(39)22-9-6-5-7-10-22)20-23-19-27(44-2)17-18-30(23)45-3/h5-21,31H,4H2,1-3H3,(H,35,41)(H,36,40)(H,37,39)/b29-20+. The number of anilines is 2. The molecule has 1 atom stereocenters. The van der Waals surface area contributed by atoms with E-state index in [1.54, 1.807) is 66.7 Å². The lowest BCUT2D eigenvalue weighted by Crippen LogP contribution is -2.30. The predicted octanol–water partition coefficient (Wildman–Crippen LogP) is 6.53. The Hall–Kier alpha value is -5.62. The first kappa shape index (κ1) is 33.3. The molecule has 0 aliphatic rings. The number of hydrogen-bond acceptors (Lipinski definition) is 8. The summed E-state index contributed by atoms with van der Waals surface area (Å²) in [6, 6.07) is 26.2. The van der Waals surface area contributed by atoms with Crippen molar-refractivity contribution in [2.45, 2.75) is 23.5 Å². The normalized spacial score (nSPS) is 11.6. The van der Waals surface area contributed by atoms with E-state index in [1.165, 1.54) is 56.3 Å². The summed E-state index contributed by atoms with van der Waals surface area (Å²) in [5.74, 6) is -0.320. The van der Waals surface area contributed by atoms with E-state index in [0.29, 0.717) is 40.4 Å². The third kappa shape index (κ3) is 8.96. The van der Waals surface area contributed by atoms with Crippen LogP contribution in [0.2, 0.25) is 0 Å². The number of nitro benzene ring substituents is 1. The SMILES string of the molecule is CCC(Sc1cccc(NC(=O)/C(=C\c2cc(OC)ccc2OC)NC(=O)c2ccccc2)c1)C(=O)Nc1ccc([N+](=O)[O-])cc1. The number of nitrogens with zero attached hydrogens (tertiary/aromatic N) is 1. The number of rotatable bonds is 13. The van der Waals surface area contributed by atoms with Crippen LogP contribution in [-0.4, -0.2) is 42.1 Å². The molecule has 46 heavy (non-hydrogen) atoms. The zero-order valence-corrected chi connectivity index (χ0v) is 26.1. The fourth-order valence-electron chi connectivity index (χ4n) is 4.27. The fraction of sp³-hybridized carbons (Fsp3) is 0.147. The molecule has 0 heterocycles. The van der Waals surface area contributed by atoms with Crippen molar-refractivity contribution in [1.29, 1.82) is 0 Å². The van der Waals surface area contributed by atoms with E-state index in [0.717, 1.165) is 4.90 Å². The molecule has 0 aromatic heterocycles. The highest BCUT2D eigenvalue weighted by atomic mass is 32.2. The number of carbonyl (C=O) groups excluding carboxylic acids is 3. The molecule has 3 N–H and O–H groups in total. The van der Waals surface area contributed by atoms with Gasteiger partial charge >= 0.3 is 0 Å². The van der Waals surface area contributed by atoms with E-state index < -0.39 is 22.0 Å². The largest absolute Gasteiger partial charge is 0.497 e. The van der Waals surface area contributed by atoms with Gasteiger partial charge in [-0.2, -0.15) is 0 Å². The number of benzene rings is 4. The molecule has 0 radical (unpaired) electrons. The highest BCUT2D eigenvalue weighted by molar-refractivity contribution is 8.00. The Morgan fingerprint density at radius 3 is 2.26 bits per heavy atom. The maximum atomic E-state index is 13.6. The minimum Gasteiger partial charge on any atom is -0.497 e. The van der Waals surface area contributed by atoms with E-state index in [1.807, 2.05) is 13.0 Å². The highest BCUT2D eigenvalue weighted by Gasteiger charge is 2.20. The van der Waals surface area contributed by atoms with Gasteiger partial charge in [0, 0.05) is 39.5 Å². The van der Waals surface area contributed by atoms with Crippen molar-refractivity contribution in [3.8, 4) is 11.5 Å². The lowest BCUT2D eigenvalue weighted by Gasteiger charge is -2.16. The summed E-state index contributed by atoms with van der Waals surface area (Å²) in [4.78, 5) is 50.8. The summed E-state index contributed by atoms with van der Waals surface area (Å²) < 4.78 is 10.8. The van der Waals surface area contributed by atoms with Crippen molar-refractivity contribution in [3.63, 3.8) is 0 Å². The Bertz CT molecular complexity index is 1740. The average Bonchev–Trinajstić information content (AvgIpc) is 3.07. The van der Waals surface area contributed by atoms with Crippen molar-refractivity contribution < 1.29 is 28.8 Å². The number of nitrogens with one attached hydrogen (secondary N) is 3. The number of nitro groups is 1. The van der Waals surface area contributed by atoms with Crippen LogP contribution in [0.3, 0.4) is 0 Å².